The lowest BCUT2D eigenvalue weighted by molar-refractivity contribution is 0.771. The lowest BCUT2D eigenvalue weighted by Gasteiger charge is -2.02. The Hall–Kier alpha value is -1.69. The summed E-state index contributed by atoms with van der Waals surface area (Å²) < 4.78 is 3.05. The minimum absolute atomic E-state index is 0.948. The zero-order valence-electron chi connectivity index (χ0n) is 10.4. The van der Waals surface area contributed by atoms with Crippen LogP contribution in [0, 0.1) is 3.57 Å². The molecule has 0 atom stereocenters. The first-order chi connectivity index (χ1) is 9.24. The summed E-state index contributed by atoms with van der Waals surface area (Å²) in [6.45, 7) is 0. The van der Waals surface area contributed by atoms with Gasteiger partial charge in [-0.2, -0.15) is 5.10 Å². The average molecular weight is 361 g/mol. The van der Waals surface area contributed by atoms with Crippen LogP contribution in [0.5, 0.6) is 0 Å². The largest absolute Gasteiger partial charge is 0.274 e. The van der Waals surface area contributed by atoms with Gasteiger partial charge in [-0.25, -0.2) is 0 Å². The lowest BCUT2D eigenvalue weighted by atomic mass is 10.1. The van der Waals surface area contributed by atoms with E-state index in [1.54, 1.807) is 6.20 Å². The molecular formula is C15H12IN3. The van der Waals surface area contributed by atoms with Gasteiger partial charge in [-0.15, -0.1) is 0 Å². The van der Waals surface area contributed by atoms with E-state index in [0.717, 1.165) is 22.5 Å². The van der Waals surface area contributed by atoms with Gasteiger partial charge in [-0.1, -0.05) is 18.2 Å². The third-order valence-electron chi connectivity index (χ3n) is 2.89. The Morgan fingerprint density at radius 2 is 1.84 bits per heavy atom. The second kappa shape index (κ2) is 5.13. The minimum Gasteiger partial charge on any atom is -0.274 e. The molecule has 3 nitrogen and oxygen atoms in total. The molecule has 0 fully saturated rings. The summed E-state index contributed by atoms with van der Waals surface area (Å²) in [4.78, 5) is 4.41. The van der Waals surface area contributed by atoms with Gasteiger partial charge < -0.3 is 0 Å². The van der Waals surface area contributed by atoms with Crippen molar-refractivity contribution in [3.05, 3.63) is 58.4 Å². The van der Waals surface area contributed by atoms with Crippen molar-refractivity contribution in [3.8, 4) is 22.5 Å². The first-order valence-electron chi connectivity index (χ1n) is 5.95. The fraction of sp³-hybridized carbons (Fsp3) is 0.0667. The van der Waals surface area contributed by atoms with E-state index in [0.29, 0.717) is 0 Å². The summed E-state index contributed by atoms with van der Waals surface area (Å²) in [6.07, 6.45) is 3.82. The molecule has 0 aliphatic carbocycles. The molecule has 0 radical (unpaired) electrons. The number of hydrogen-bond donors (Lipinski definition) is 0. The van der Waals surface area contributed by atoms with E-state index in [1.807, 2.05) is 36.1 Å². The van der Waals surface area contributed by atoms with Gasteiger partial charge in [-0.3, -0.25) is 9.67 Å². The maximum absolute atomic E-state index is 4.56. The van der Waals surface area contributed by atoms with E-state index >= 15 is 0 Å². The summed E-state index contributed by atoms with van der Waals surface area (Å²) in [5.74, 6) is 0. The van der Waals surface area contributed by atoms with Crippen molar-refractivity contribution in [2.24, 2.45) is 7.05 Å². The van der Waals surface area contributed by atoms with Crippen molar-refractivity contribution in [2.75, 3.05) is 0 Å². The van der Waals surface area contributed by atoms with Crippen molar-refractivity contribution in [1.82, 2.24) is 14.8 Å². The molecule has 0 amide bonds. The fourth-order valence-corrected chi connectivity index (χ4v) is 2.38. The Morgan fingerprint density at radius 1 is 1.05 bits per heavy atom. The van der Waals surface area contributed by atoms with E-state index in [-0.39, 0.29) is 0 Å². The molecule has 0 spiro atoms. The van der Waals surface area contributed by atoms with E-state index < -0.39 is 0 Å². The maximum Gasteiger partial charge on any atom is 0.102 e. The van der Waals surface area contributed by atoms with Gasteiger partial charge in [0.2, 0.25) is 0 Å². The minimum atomic E-state index is 0.948. The number of aromatic nitrogens is 3. The third-order valence-corrected chi connectivity index (χ3v) is 3.61. The Balaban J connectivity index is 2.15. The monoisotopic (exact) mass is 361 g/mol. The molecular weight excluding hydrogens is 349 g/mol. The molecule has 0 saturated heterocycles. The summed E-state index contributed by atoms with van der Waals surface area (Å²) >= 11 is 2.30. The van der Waals surface area contributed by atoms with Gasteiger partial charge in [0, 0.05) is 34.1 Å². The molecule has 0 bridgehead atoms. The van der Waals surface area contributed by atoms with Crippen molar-refractivity contribution in [1.29, 1.82) is 0 Å². The molecule has 0 aliphatic heterocycles. The normalized spacial score (nSPS) is 10.6. The summed E-state index contributed by atoms with van der Waals surface area (Å²) in [5.41, 5.74) is 4.09. The molecule has 1 aromatic carbocycles. The highest BCUT2D eigenvalue weighted by molar-refractivity contribution is 14.1. The SMILES string of the molecule is Cn1cc(-c2ccccn2)c(-c2ccc(I)cc2)n1. The highest BCUT2D eigenvalue weighted by Gasteiger charge is 2.12. The highest BCUT2D eigenvalue weighted by atomic mass is 127. The van der Waals surface area contributed by atoms with Crippen LogP contribution in [0.4, 0.5) is 0 Å². The van der Waals surface area contributed by atoms with Crippen molar-refractivity contribution in [2.45, 2.75) is 0 Å². The molecule has 0 saturated carbocycles. The van der Waals surface area contributed by atoms with Crippen LogP contribution in [0.15, 0.2) is 54.9 Å². The van der Waals surface area contributed by atoms with Crippen LogP contribution < -0.4 is 0 Å². The quantitative estimate of drug-likeness (QED) is 0.651. The summed E-state index contributed by atoms with van der Waals surface area (Å²) in [5, 5.41) is 4.56. The molecule has 0 unspecified atom stereocenters. The highest BCUT2D eigenvalue weighted by Crippen LogP contribution is 2.29. The zero-order chi connectivity index (χ0) is 13.2. The van der Waals surface area contributed by atoms with Crippen LogP contribution in [0.2, 0.25) is 0 Å². The van der Waals surface area contributed by atoms with Crippen LogP contribution in [0.1, 0.15) is 0 Å². The van der Waals surface area contributed by atoms with E-state index in [9.17, 15) is 0 Å². The van der Waals surface area contributed by atoms with Crippen LogP contribution in [-0.2, 0) is 7.05 Å². The fourth-order valence-electron chi connectivity index (χ4n) is 2.02. The van der Waals surface area contributed by atoms with E-state index in [1.165, 1.54) is 3.57 Å². The number of hydrogen-bond acceptors (Lipinski definition) is 2. The second-order valence-corrected chi connectivity index (χ2v) is 5.53. The third kappa shape index (κ3) is 2.53. The lowest BCUT2D eigenvalue weighted by Crippen LogP contribution is -1.88. The molecule has 0 N–H and O–H groups in total. The predicted octanol–water partition coefficient (Wildman–Crippen LogP) is 3.75. The first-order valence-corrected chi connectivity index (χ1v) is 7.03. The van der Waals surface area contributed by atoms with Crippen LogP contribution in [0.3, 0.4) is 0 Å². The smallest absolute Gasteiger partial charge is 0.102 e. The molecule has 2 heterocycles. The van der Waals surface area contributed by atoms with Crippen molar-refractivity contribution >= 4 is 22.6 Å². The van der Waals surface area contributed by atoms with Crippen LogP contribution >= 0.6 is 22.6 Å². The Labute approximate surface area is 125 Å². The van der Waals surface area contributed by atoms with Gasteiger partial charge >= 0.3 is 0 Å². The number of aryl methyl sites for hydroxylation is 1. The molecule has 94 valence electrons. The second-order valence-electron chi connectivity index (χ2n) is 4.29. The molecule has 3 rings (SSSR count). The molecule has 2 aromatic heterocycles. The summed E-state index contributed by atoms with van der Waals surface area (Å²) in [6, 6.07) is 14.3. The molecule has 0 aliphatic rings. The number of nitrogens with zero attached hydrogens (tertiary/aromatic N) is 3. The first kappa shape index (κ1) is 12.3. The van der Waals surface area contributed by atoms with Gasteiger partial charge in [0.05, 0.1) is 5.69 Å². The predicted molar refractivity (Wildman–Crippen MR) is 84.6 cm³/mol. The molecule has 4 heteroatoms. The van der Waals surface area contributed by atoms with Gasteiger partial charge in [0.1, 0.15) is 5.69 Å². The molecule has 19 heavy (non-hydrogen) atoms. The van der Waals surface area contributed by atoms with E-state index in [2.05, 4.69) is 56.9 Å². The van der Waals surface area contributed by atoms with Crippen LogP contribution in [0.25, 0.3) is 22.5 Å². The van der Waals surface area contributed by atoms with Gasteiger partial charge in [0.25, 0.3) is 0 Å². The maximum atomic E-state index is 4.56. The number of benzene rings is 1. The average Bonchev–Trinajstić information content (AvgIpc) is 2.83. The van der Waals surface area contributed by atoms with Crippen molar-refractivity contribution < 1.29 is 0 Å². The Morgan fingerprint density at radius 3 is 2.53 bits per heavy atom. The number of rotatable bonds is 2. The van der Waals surface area contributed by atoms with Gasteiger partial charge in [-0.05, 0) is 46.9 Å². The van der Waals surface area contributed by atoms with Crippen LogP contribution in [-0.4, -0.2) is 14.8 Å². The Bertz CT molecular complexity index is 687. The van der Waals surface area contributed by atoms with Crippen molar-refractivity contribution in [3.63, 3.8) is 0 Å². The van der Waals surface area contributed by atoms with Gasteiger partial charge in [0.15, 0.2) is 0 Å². The van der Waals surface area contributed by atoms with E-state index in [4.69, 9.17) is 0 Å². The Kier molecular flexibility index (Phi) is 3.33. The number of halogens is 1. The summed E-state index contributed by atoms with van der Waals surface area (Å²) in [7, 11) is 1.93. The standard InChI is InChI=1S/C15H12IN3/c1-19-10-13(14-4-2-3-9-17-14)15(18-19)11-5-7-12(16)8-6-11/h2-10H,1H3. The topological polar surface area (TPSA) is 30.7 Å². The zero-order valence-corrected chi connectivity index (χ0v) is 12.6. The molecule has 3 aromatic rings. The number of pyridine rings is 1.